The second-order valence-electron chi connectivity index (χ2n) is 15.5. The van der Waals surface area contributed by atoms with Gasteiger partial charge in [-0.15, -0.1) is 6.42 Å². The van der Waals surface area contributed by atoms with E-state index in [0.717, 1.165) is 68.3 Å². The molecule has 9 rings (SSSR count). The minimum Gasteiger partial charge on any atom is -0.457 e. The molecule has 4 saturated heterocycles. The fourth-order valence-corrected chi connectivity index (χ4v) is 9.87. The highest BCUT2D eigenvalue weighted by molar-refractivity contribution is 7.79. The summed E-state index contributed by atoms with van der Waals surface area (Å²) in [7, 11) is 2.25. The summed E-state index contributed by atoms with van der Waals surface area (Å²) < 4.78 is 66.5. The third-order valence-corrected chi connectivity index (χ3v) is 13.0. The topological polar surface area (TPSA) is 110 Å². The minimum absolute atomic E-state index is 0.0144. The number of likely N-dealkylation sites (N-methyl/N-ethyl adjacent to an activating group) is 1. The highest BCUT2D eigenvalue weighted by Gasteiger charge is 2.60. The van der Waals surface area contributed by atoms with Crippen molar-refractivity contribution in [3.05, 3.63) is 83.6 Å². The molecule has 5 aromatic rings. The highest BCUT2D eigenvalue weighted by atomic mass is 32.2. The fourth-order valence-electron chi connectivity index (χ4n) is 9.50. The first-order valence-corrected chi connectivity index (χ1v) is 19.6. The molecule has 4 aliphatic rings. The Morgan fingerprint density at radius 1 is 1.11 bits per heavy atom. The van der Waals surface area contributed by atoms with E-state index in [1.54, 1.807) is 36.5 Å². The maximum absolute atomic E-state index is 17.0. The van der Waals surface area contributed by atoms with Crippen LogP contribution in [0.3, 0.4) is 0 Å². The normalized spacial score (nSPS) is 26.6. The Labute approximate surface area is 314 Å². The molecule has 278 valence electrons. The van der Waals surface area contributed by atoms with Crippen molar-refractivity contribution in [3.63, 3.8) is 0 Å². The lowest BCUT2D eigenvalue weighted by molar-refractivity contribution is -0.934. The van der Waals surface area contributed by atoms with E-state index in [1.807, 2.05) is 18.2 Å². The number of ether oxygens (including phenoxy) is 2. The molecule has 4 fully saturated rings. The van der Waals surface area contributed by atoms with Gasteiger partial charge in [-0.3, -0.25) is 4.98 Å². The number of aromatic nitrogens is 3. The standard InChI is InChI=1S/C41H40F2N6O4S/c1-3-31-34(42)15-10-26-6-4-7-32(35(26)31)37-36(43)38-33(19-44-37)39(48-20-27-11-12-28(21-48)45-27)47-40(46-38)53-24-41-16-5-17-49(41,2)22-29(18-41)52-23-25-8-13-30(14-9-25)54(50)51/h1,4,6-10,13-15,19,27-29,45H,5,11-12,16-18,20-24H2,2H3/p+1. The molecule has 2 aromatic heterocycles. The molecule has 10 nitrogen and oxygen atoms in total. The van der Waals surface area contributed by atoms with Crippen molar-refractivity contribution in [2.24, 2.45) is 0 Å². The Morgan fingerprint density at radius 2 is 1.91 bits per heavy atom. The third kappa shape index (κ3) is 6.01. The number of nitrogens with zero attached hydrogens (tertiary/aromatic N) is 5. The maximum Gasteiger partial charge on any atom is 0.319 e. The molecule has 6 heterocycles. The fraction of sp³-hybridized carbons (Fsp3) is 0.390. The number of anilines is 1. The van der Waals surface area contributed by atoms with Gasteiger partial charge in [0, 0.05) is 61.6 Å². The Hall–Kier alpha value is -4.58. The van der Waals surface area contributed by atoms with Crippen LogP contribution in [0.5, 0.6) is 6.01 Å². The van der Waals surface area contributed by atoms with Crippen LogP contribution in [-0.2, 0) is 22.4 Å². The number of pyridine rings is 1. The summed E-state index contributed by atoms with van der Waals surface area (Å²) in [5.41, 5.74) is 1.25. The number of hydrogen-bond acceptors (Lipinski definition) is 8. The molecule has 2 N–H and O–H groups in total. The zero-order chi connectivity index (χ0) is 37.2. The lowest BCUT2D eigenvalue weighted by atomic mass is 9.93. The quantitative estimate of drug-likeness (QED) is 0.107. The van der Waals surface area contributed by atoms with Crippen LogP contribution in [0, 0.1) is 24.0 Å². The van der Waals surface area contributed by atoms with Crippen molar-refractivity contribution in [1.82, 2.24) is 20.3 Å². The first kappa shape index (κ1) is 35.1. The van der Waals surface area contributed by atoms with E-state index in [1.165, 1.54) is 6.07 Å². The van der Waals surface area contributed by atoms with Crippen molar-refractivity contribution in [3.8, 4) is 29.6 Å². The number of benzene rings is 3. The summed E-state index contributed by atoms with van der Waals surface area (Å²) in [6, 6.07) is 15.9. The molecule has 0 spiro atoms. The molecule has 6 unspecified atom stereocenters. The summed E-state index contributed by atoms with van der Waals surface area (Å²) in [6.45, 7) is 3.99. The lowest BCUT2D eigenvalue weighted by Crippen LogP contribution is -2.56. The molecule has 3 aromatic carbocycles. The van der Waals surface area contributed by atoms with Crippen LogP contribution in [0.25, 0.3) is 32.9 Å². The summed E-state index contributed by atoms with van der Waals surface area (Å²) in [5.74, 6) is 1.84. The average Bonchev–Trinajstić information content (AvgIpc) is 3.78. The van der Waals surface area contributed by atoms with Gasteiger partial charge in [-0.05, 0) is 42.0 Å². The Balaban J connectivity index is 1.05. The minimum atomic E-state index is -2.02. The van der Waals surface area contributed by atoms with E-state index in [-0.39, 0.29) is 34.4 Å². The number of terminal acetylenes is 1. The van der Waals surface area contributed by atoms with Gasteiger partial charge in [-0.1, -0.05) is 42.3 Å². The second kappa shape index (κ2) is 13.6. The number of quaternary nitrogens is 1. The van der Waals surface area contributed by atoms with Crippen LogP contribution in [0.15, 0.2) is 65.7 Å². The van der Waals surface area contributed by atoms with E-state index in [9.17, 15) is 13.2 Å². The predicted octanol–water partition coefficient (Wildman–Crippen LogP) is 5.97. The van der Waals surface area contributed by atoms with Crippen LogP contribution < -0.4 is 15.0 Å². The van der Waals surface area contributed by atoms with E-state index in [2.05, 4.69) is 28.2 Å². The lowest BCUT2D eigenvalue weighted by Gasteiger charge is -2.39. The molecule has 0 aliphatic carbocycles. The van der Waals surface area contributed by atoms with Gasteiger partial charge in [0.15, 0.2) is 16.9 Å². The van der Waals surface area contributed by atoms with Gasteiger partial charge in [0.2, 0.25) is 0 Å². The van der Waals surface area contributed by atoms with Crippen LogP contribution in [0.1, 0.15) is 43.2 Å². The number of rotatable bonds is 9. The third-order valence-electron chi connectivity index (χ3n) is 12.3. The molecule has 54 heavy (non-hydrogen) atoms. The molecule has 13 heteroatoms. The van der Waals surface area contributed by atoms with Gasteiger partial charge >= 0.3 is 6.01 Å². The number of piperazine rings is 1. The molecular weight excluding hydrogens is 711 g/mol. The van der Waals surface area contributed by atoms with E-state index in [4.69, 9.17) is 25.9 Å². The SMILES string of the molecule is C#Cc1c(F)ccc2cccc(-c3ncc4c(N5CC6CCC(C5)N6)nc(OCC56CCC[N+]5(C)CC(OCc5ccc(S(=O)O)cc5)C6)nc4c3F)c12. The summed E-state index contributed by atoms with van der Waals surface area (Å²) in [4.78, 5) is 16.9. The Morgan fingerprint density at radius 3 is 2.67 bits per heavy atom. The molecule has 0 amide bonds. The van der Waals surface area contributed by atoms with Gasteiger partial charge in [0.1, 0.15) is 47.6 Å². The molecule has 2 bridgehead atoms. The highest BCUT2D eigenvalue weighted by Crippen LogP contribution is 2.46. The Bertz CT molecular complexity index is 2350. The largest absolute Gasteiger partial charge is 0.457 e. The van der Waals surface area contributed by atoms with E-state index < -0.39 is 22.7 Å². The van der Waals surface area contributed by atoms with Crippen LogP contribution >= 0.6 is 0 Å². The van der Waals surface area contributed by atoms with Gasteiger partial charge in [0.05, 0.1) is 36.0 Å². The van der Waals surface area contributed by atoms with Gasteiger partial charge < -0.3 is 28.7 Å². The second-order valence-corrected chi connectivity index (χ2v) is 16.4. The number of fused-ring (bicyclic) bond motifs is 5. The number of nitrogens with one attached hydrogen (secondary N) is 1. The average molecular weight is 752 g/mol. The van der Waals surface area contributed by atoms with Crippen LogP contribution in [-0.4, -0.2) is 91.8 Å². The zero-order valence-corrected chi connectivity index (χ0v) is 30.7. The molecule has 0 saturated carbocycles. The zero-order valence-electron chi connectivity index (χ0n) is 29.9. The van der Waals surface area contributed by atoms with Crippen molar-refractivity contribution < 1.29 is 31.5 Å². The molecular formula is C41H41F2N6O4S+. The summed E-state index contributed by atoms with van der Waals surface area (Å²) >= 11 is -2.02. The summed E-state index contributed by atoms with van der Waals surface area (Å²) in [6.07, 6.45) is 12.3. The molecule has 4 aliphatic heterocycles. The van der Waals surface area contributed by atoms with Crippen LogP contribution in [0.2, 0.25) is 0 Å². The first-order valence-electron chi connectivity index (χ1n) is 18.5. The first-order chi connectivity index (χ1) is 26.1. The van der Waals surface area contributed by atoms with E-state index in [0.29, 0.717) is 57.7 Å². The van der Waals surface area contributed by atoms with Gasteiger partial charge in [-0.2, -0.15) is 9.97 Å². The maximum atomic E-state index is 17.0. The number of halogens is 2. The van der Waals surface area contributed by atoms with Crippen molar-refractivity contribution in [1.29, 1.82) is 0 Å². The van der Waals surface area contributed by atoms with E-state index >= 15 is 4.39 Å². The molecule has 6 atom stereocenters. The Kier molecular flexibility index (Phi) is 8.86. The predicted molar refractivity (Wildman–Crippen MR) is 202 cm³/mol. The monoisotopic (exact) mass is 751 g/mol. The smallest absolute Gasteiger partial charge is 0.319 e. The molecule has 0 radical (unpaired) electrons. The van der Waals surface area contributed by atoms with Gasteiger partial charge in [-0.25, -0.2) is 13.0 Å². The van der Waals surface area contributed by atoms with Gasteiger partial charge in [0.25, 0.3) is 0 Å². The van der Waals surface area contributed by atoms with Crippen molar-refractivity contribution in [2.75, 3.05) is 44.7 Å². The van der Waals surface area contributed by atoms with Crippen LogP contribution in [0.4, 0.5) is 14.6 Å². The summed E-state index contributed by atoms with van der Waals surface area (Å²) in [5, 5.41) is 5.25. The van der Waals surface area contributed by atoms with Crippen molar-refractivity contribution in [2.45, 2.75) is 67.3 Å². The van der Waals surface area contributed by atoms with Crippen molar-refractivity contribution >= 4 is 38.6 Å². The number of hydrogen-bond donors (Lipinski definition) is 2.